The third-order valence-corrected chi connectivity index (χ3v) is 9.33. The smallest absolute Gasteiger partial charge is 0.194 e. The first-order chi connectivity index (χ1) is 16.6. The van der Waals surface area contributed by atoms with Crippen molar-refractivity contribution < 1.29 is 4.79 Å². The Morgan fingerprint density at radius 3 is 1.22 bits per heavy atom. The van der Waals surface area contributed by atoms with Gasteiger partial charge in [0, 0.05) is 11.1 Å². The number of carbonyl (C=O) groups is 1. The van der Waals surface area contributed by atoms with Crippen LogP contribution in [0.4, 0.5) is 0 Å². The topological polar surface area (TPSA) is 17.1 Å². The number of carbonyl (C=O) groups excluding carboxylic acids is 1. The highest BCUT2D eigenvalue weighted by atomic mass is 16.1. The monoisotopic (exact) mass is 486 g/mol. The number of rotatable bonds is 6. The van der Waals surface area contributed by atoms with Gasteiger partial charge in [0.05, 0.1) is 0 Å². The zero-order valence-electron chi connectivity index (χ0n) is 25.2. The third kappa shape index (κ3) is 4.19. The van der Waals surface area contributed by atoms with Crippen molar-refractivity contribution in [2.75, 3.05) is 0 Å². The lowest BCUT2D eigenvalue weighted by molar-refractivity contribution is 0.103. The molecule has 0 aromatic heterocycles. The summed E-state index contributed by atoms with van der Waals surface area (Å²) in [6, 6.07) is 4.85. The molecule has 0 spiro atoms. The van der Waals surface area contributed by atoms with Crippen molar-refractivity contribution in [1.82, 2.24) is 0 Å². The van der Waals surface area contributed by atoms with Crippen LogP contribution in [-0.4, -0.2) is 5.78 Å². The van der Waals surface area contributed by atoms with Crippen molar-refractivity contribution in [3.05, 3.63) is 67.8 Å². The van der Waals surface area contributed by atoms with E-state index in [2.05, 4.69) is 95.2 Å². The molecule has 0 heterocycles. The predicted octanol–water partition coefficient (Wildman–Crippen LogP) is 9.86. The van der Waals surface area contributed by atoms with E-state index in [-0.39, 0.29) is 16.6 Å². The van der Waals surface area contributed by atoms with E-state index in [4.69, 9.17) is 0 Å². The lowest BCUT2D eigenvalue weighted by atomic mass is 9.74. The standard InChI is InChI=1S/C35H50O/c1-19(2)25-17-27-23(13-15-34(27,9)10)29(21(5)6)31(25)33(36)32-26(20(3)4)18-28-24(30(32)22(7)8)14-16-35(28,11)12/h17-22H,13-16H2,1-12H3. The Morgan fingerprint density at radius 1 is 0.611 bits per heavy atom. The van der Waals surface area contributed by atoms with Crippen LogP contribution < -0.4 is 0 Å². The van der Waals surface area contributed by atoms with Gasteiger partial charge in [-0.1, -0.05) is 95.2 Å². The zero-order valence-corrected chi connectivity index (χ0v) is 25.2. The van der Waals surface area contributed by atoms with Crippen LogP contribution in [0, 0.1) is 0 Å². The molecule has 0 atom stereocenters. The van der Waals surface area contributed by atoms with Gasteiger partial charge in [0.1, 0.15) is 0 Å². The van der Waals surface area contributed by atoms with Crippen molar-refractivity contribution in [3.63, 3.8) is 0 Å². The Kier molecular flexibility index (Phi) is 6.89. The summed E-state index contributed by atoms with van der Waals surface area (Å²) in [6.45, 7) is 27.7. The summed E-state index contributed by atoms with van der Waals surface area (Å²) >= 11 is 0. The Balaban J connectivity index is 2.11. The molecule has 0 radical (unpaired) electrons. The van der Waals surface area contributed by atoms with Crippen molar-refractivity contribution >= 4 is 5.78 Å². The molecule has 0 aliphatic heterocycles. The van der Waals surface area contributed by atoms with Gasteiger partial charge in [0.15, 0.2) is 5.78 Å². The average Bonchev–Trinajstić information content (AvgIpc) is 3.24. The molecule has 2 aliphatic rings. The van der Waals surface area contributed by atoms with E-state index in [1.54, 1.807) is 0 Å². The van der Waals surface area contributed by atoms with Gasteiger partial charge >= 0.3 is 0 Å². The van der Waals surface area contributed by atoms with Crippen LogP contribution in [0.25, 0.3) is 0 Å². The van der Waals surface area contributed by atoms with Gasteiger partial charge in [-0.3, -0.25) is 4.79 Å². The minimum absolute atomic E-state index is 0.176. The van der Waals surface area contributed by atoms with Gasteiger partial charge in [0.25, 0.3) is 0 Å². The Labute approximate surface area is 221 Å². The molecular weight excluding hydrogens is 436 g/mol. The summed E-state index contributed by atoms with van der Waals surface area (Å²) in [5, 5.41) is 0. The minimum atomic E-state index is 0.176. The second kappa shape index (κ2) is 9.14. The second-order valence-corrected chi connectivity index (χ2v) is 14.3. The van der Waals surface area contributed by atoms with Crippen LogP contribution in [0.3, 0.4) is 0 Å². The fourth-order valence-corrected chi connectivity index (χ4v) is 7.24. The SMILES string of the molecule is CC(C)c1cc2c(c(C(C)C)c1C(=O)c1c(C(C)C)cc3c(c1C(C)C)CCC3(C)C)CCC2(C)C. The molecular formula is C35H50O. The molecule has 2 aromatic carbocycles. The molecule has 2 aromatic rings. The molecule has 1 heteroatoms. The van der Waals surface area contributed by atoms with E-state index in [1.807, 2.05) is 0 Å². The molecule has 0 saturated heterocycles. The number of fused-ring (bicyclic) bond motifs is 2. The first-order valence-electron chi connectivity index (χ1n) is 14.5. The normalized spacial score (nSPS) is 18.0. The molecule has 0 saturated carbocycles. The number of hydrogen-bond donors (Lipinski definition) is 0. The highest BCUT2D eigenvalue weighted by molar-refractivity contribution is 6.13. The molecule has 0 fully saturated rings. The Bertz CT molecular complexity index is 1110. The lowest BCUT2D eigenvalue weighted by Crippen LogP contribution is -2.22. The van der Waals surface area contributed by atoms with E-state index in [9.17, 15) is 0 Å². The maximum absolute atomic E-state index is 15.1. The molecule has 36 heavy (non-hydrogen) atoms. The lowest BCUT2D eigenvalue weighted by Gasteiger charge is -2.30. The van der Waals surface area contributed by atoms with E-state index in [1.165, 1.54) is 57.3 Å². The first kappa shape index (κ1) is 27.2. The molecule has 2 aliphatic carbocycles. The van der Waals surface area contributed by atoms with E-state index in [0.29, 0.717) is 23.7 Å². The van der Waals surface area contributed by atoms with Crippen LogP contribution in [0.15, 0.2) is 12.1 Å². The number of ketones is 1. The van der Waals surface area contributed by atoms with Gasteiger partial charge in [-0.15, -0.1) is 0 Å². The Hall–Kier alpha value is -1.89. The molecule has 0 unspecified atom stereocenters. The molecule has 0 bridgehead atoms. The van der Waals surface area contributed by atoms with Gasteiger partial charge in [-0.05, 0) is 105 Å². The van der Waals surface area contributed by atoms with E-state index in [0.717, 1.165) is 24.0 Å². The van der Waals surface area contributed by atoms with Gasteiger partial charge in [0.2, 0.25) is 0 Å². The quantitative estimate of drug-likeness (QED) is 0.371. The van der Waals surface area contributed by atoms with Crippen LogP contribution >= 0.6 is 0 Å². The second-order valence-electron chi connectivity index (χ2n) is 14.3. The minimum Gasteiger partial charge on any atom is -0.289 e. The fraction of sp³-hybridized carbons (Fsp3) is 0.629. The van der Waals surface area contributed by atoms with Gasteiger partial charge < -0.3 is 0 Å². The predicted molar refractivity (Wildman–Crippen MR) is 155 cm³/mol. The van der Waals surface area contributed by atoms with Crippen molar-refractivity contribution in [1.29, 1.82) is 0 Å². The van der Waals surface area contributed by atoms with Crippen LogP contribution in [0.2, 0.25) is 0 Å². The van der Waals surface area contributed by atoms with Crippen LogP contribution in [-0.2, 0) is 23.7 Å². The Morgan fingerprint density at radius 2 is 0.944 bits per heavy atom. The van der Waals surface area contributed by atoms with E-state index < -0.39 is 0 Å². The van der Waals surface area contributed by atoms with E-state index >= 15 is 4.79 Å². The first-order valence-corrected chi connectivity index (χ1v) is 14.5. The number of hydrogen-bond acceptors (Lipinski definition) is 1. The maximum Gasteiger partial charge on any atom is 0.194 e. The number of benzene rings is 2. The van der Waals surface area contributed by atoms with Crippen molar-refractivity contribution in [2.45, 2.75) is 143 Å². The maximum atomic E-state index is 15.1. The van der Waals surface area contributed by atoms with Crippen LogP contribution in [0.5, 0.6) is 0 Å². The van der Waals surface area contributed by atoms with Crippen LogP contribution in [0.1, 0.15) is 180 Å². The highest BCUT2D eigenvalue weighted by Gasteiger charge is 2.39. The van der Waals surface area contributed by atoms with Gasteiger partial charge in [-0.2, -0.15) is 0 Å². The summed E-state index contributed by atoms with van der Waals surface area (Å²) in [4.78, 5) is 15.1. The highest BCUT2D eigenvalue weighted by Crippen LogP contribution is 2.49. The summed E-state index contributed by atoms with van der Waals surface area (Å²) in [5.74, 6) is 1.55. The largest absolute Gasteiger partial charge is 0.289 e. The third-order valence-electron chi connectivity index (χ3n) is 9.33. The summed E-state index contributed by atoms with van der Waals surface area (Å²) in [6.07, 6.45) is 4.50. The molecule has 0 N–H and O–H groups in total. The average molecular weight is 487 g/mol. The van der Waals surface area contributed by atoms with Crippen molar-refractivity contribution in [3.8, 4) is 0 Å². The molecule has 4 rings (SSSR count). The summed E-state index contributed by atoms with van der Waals surface area (Å²) in [7, 11) is 0. The molecule has 1 nitrogen and oxygen atoms in total. The fourth-order valence-electron chi connectivity index (χ4n) is 7.24. The van der Waals surface area contributed by atoms with Crippen molar-refractivity contribution in [2.24, 2.45) is 0 Å². The van der Waals surface area contributed by atoms with Gasteiger partial charge in [-0.25, -0.2) is 0 Å². The molecule has 196 valence electrons. The summed E-state index contributed by atoms with van der Waals surface area (Å²) < 4.78 is 0. The molecule has 0 amide bonds. The zero-order chi connectivity index (χ0) is 26.9. The summed E-state index contributed by atoms with van der Waals surface area (Å²) in [5.41, 5.74) is 13.5.